The highest BCUT2D eigenvalue weighted by molar-refractivity contribution is 6.30. The minimum Gasteiger partial charge on any atom is -0.336 e. The molecule has 0 aliphatic carbocycles. The Hall–Kier alpha value is -1.09. The molecule has 2 rings (SSSR count). The van der Waals surface area contributed by atoms with E-state index in [1.807, 2.05) is 11.0 Å². The number of halogens is 1. The van der Waals surface area contributed by atoms with Gasteiger partial charge in [-0.15, -0.1) is 0 Å². The third kappa shape index (κ3) is 2.97. The molecule has 0 spiro atoms. The molecule has 4 heteroatoms. The lowest BCUT2D eigenvalue weighted by Crippen LogP contribution is -2.25. The van der Waals surface area contributed by atoms with Gasteiger partial charge in [0.2, 0.25) is 5.91 Å². The lowest BCUT2D eigenvalue weighted by atomic mass is 9.95. The molecule has 1 atom stereocenters. The molecule has 17 heavy (non-hydrogen) atoms. The first-order chi connectivity index (χ1) is 8.06. The van der Waals surface area contributed by atoms with Gasteiger partial charge in [-0.2, -0.15) is 0 Å². The molecule has 0 aromatic carbocycles. The van der Waals surface area contributed by atoms with Gasteiger partial charge in [-0.05, 0) is 24.0 Å². The molecule has 3 nitrogen and oxygen atoms in total. The number of aromatic nitrogens is 1. The van der Waals surface area contributed by atoms with Crippen LogP contribution in [0.15, 0.2) is 18.3 Å². The monoisotopic (exact) mass is 252 g/mol. The van der Waals surface area contributed by atoms with Crippen molar-refractivity contribution in [1.29, 1.82) is 0 Å². The van der Waals surface area contributed by atoms with Crippen LogP contribution < -0.4 is 0 Å². The number of hydrogen-bond donors (Lipinski definition) is 0. The van der Waals surface area contributed by atoms with E-state index in [0.29, 0.717) is 29.8 Å². The fraction of sp³-hybridized carbons (Fsp3) is 0.538. The second kappa shape index (κ2) is 5.05. The van der Waals surface area contributed by atoms with E-state index in [9.17, 15) is 4.79 Å². The molecule has 1 aliphatic rings. The van der Waals surface area contributed by atoms with Crippen LogP contribution in [0.5, 0.6) is 0 Å². The molecule has 0 bridgehead atoms. The Morgan fingerprint density at radius 1 is 1.59 bits per heavy atom. The lowest BCUT2D eigenvalue weighted by molar-refractivity contribution is -0.128. The number of hydrogen-bond acceptors (Lipinski definition) is 2. The molecule has 0 radical (unpaired) electrons. The SMILES string of the molecule is CC(C)C1CC(=O)N(Cc2cc(Cl)ccn2)C1. The first-order valence-electron chi connectivity index (χ1n) is 5.94. The summed E-state index contributed by atoms with van der Waals surface area (Å²) >= 11 is 5.90. The van der Waals surface area contributed by atoms with Gasteiger partial charge in [-0.1, -0.05) is 25.4 Å². The molecule has 1 unspecified atom stereocenters. The molecular formula is C13H17ClN2O. The van der Waals surface area contributed by atoms with Crippen molar-refractivity contribution in [2.75, 3.05) is 6.54 Å². The van der Waals surface area contributed by atoms with E-state index in [-0.39, 0.29) is 5.91 Å². The third-order valence-electron chi connectivity index (χ3n) is 3.32. The Morgan fingerprint density at radius 3 is 2.94 bits per heavy atom. The van der Waals surface area contributed by atoms with Crippen LogP contribution in [0.4, 0.5) is 0 Å². The van der Waals surface area contributed by atoms with Crippen LogP contribution in [0.1, 0.15) is 26.0 Å². The first-order valence-corrected chi connectivity index (χ1v) is 6.32. The van der Waals surface area contributed by atoms with Crippen molar-refractivity contribution >= 4 is 17.5 Å². The van der Waals surface area contributed by atoms with Crippen LogP contribution in [0.3, 0.4) is 0 Å². The van der Waals surface area contributed by atoms with Crippen molar-refractivity contribution in [3.63, 3.8) is 0 Å². The molecule has 0 N–H and O–H groups in total. The van der Waals surface area contributed by atoms with E-state index in [4.69, 9.17) is 11.6 Å². The number of pyridine rings is 1. The molecule has 1 amide bonds. The maximum absolute atomic E-state index is 11.8. The number of amides is 1. The fourth-order valence-corrected chi connectivity index (χ4v) is 2.32. The van der Waals surface area contributed by atoms with Gasteiger partial charge in [-0.25, -0.2) is 0 Å². The highest BCUT2D eigenvalue weighted by atomic mass is 35.5. The molecule has 92 valence electrons. The quantitative estimate of drug-likeness (QED) is 0.829. The average molecular weight is 253 g/mol. The summed E-state index contributed by atoms with van der Waals surface area (Å²) in [5.41, 5.74) is 0.857. The smallest absolute Gasteiger partial charge is 0.223 e. The largest absolute Gasteiger partial charge is 0.336 e. The average Bonchev–Trinajstić information content (AvgIpc) is 2.61. The Labute approximate surface area is 107 Å². The lowest BCUT2D eigenvalue weighted by Gasteiger charge is -2.17. The Morgan fingerprint density at radius 2 is 2.35 bits per heavy atom. The first kappa shape index (κ1) is 12.4. The number of rotatable bonds is 3. The maximum atomic E-state index is 11.8. The Balaban J connectivity index is 2.03. The van der Waals surface area contributed by atoms with Crippen LogP contribution in [0.25, 0.3) is 0 Å². The van der Waals surface area contributed by atoms with Crippen LogP contribution in [-0.2, 0) is 11.3 Å². The molecular weight excluding hydrogens is 236 g/mol. The summed E-state index contributed by atoms with van der Waals surface area (Å²) in [6, 6.07) is 3.56. The van der Waals surface area contributed by atoms with Crippen molar-refractivity contribution in [2.45, 2.75) is 26.8 Å². The zero-order valence-corrected chi connectivity index (χ0v) is 10.9. The zero-order valence-electron chi connectivity index (χ0n) is 10.2. The summed E-state index contributed by atoms with van der Waals surface area (Å²) in [4.78, 5) is 18.0. The molecule has 1 fully saturated rings. The van der Waals surface area contributed by atoms with Gasteiger partial charge >= 0.3 is 0 Å². The summed E-state index contributed by atoms with van der Waals surface area (Å²) in [7, 11) is 0. The van der Waals surface area contributed by atoms with E-state index in [1.165, 1.54) is 0 Å². The van der Waals surface area contributed by atoms with Gasteiger partial charge in [0.25, 0.3) is 0 Å². The summed E-state index contributed by atoms with van der Waals surface area (Å²) in [6.45, 7) is 5.74. The van der Waals surface area contributed by atoms with Gasteiger partial charge < -0.3 is 4.90 Å². The summed E-state index contributed by atoms with van der Waals surface area (Å²) < 4.78 is 0. The topological polar surface area (TPSA) is 33.2 Å². The van der Waals surface area contributed by atoms with Crippen molar-refractivity contribution in [2.24, 2.45) is 11.8 Å². The standard InChI is InChI=1S/C13H17ClN2O/c1-9(2)10-5-13(17)16(7-10)8-12-6-11(14)3-4-15-12/h3-4,6,9-10H,5,7-8H2,1-2H3. The predicted octanol–water partition coefficient (Wildman–Crippen LogP) is 2.74. The fourth-order valence-electron chi connectivity index (χ4n) is 2.13. The van der Waals surface area contributed by atoms with Gasteiger partial charge in [0.05, 0.1) is 12.2 Å². The highest BCUT2D eigenvalue weighted by Crippen LogP contribution is 2.26. The maximum Gasteiger partial charge on any atom is 0.223 e. The van der Waals surface area contributed by atoms with Crippen LogP contribution in [0, 0.1) is 11.8 Å². The number of nitrogens with zero attached hydrogens (tertiary/aromatic N) is 2. The summed E-state index contributed by atoms with van der Waals surface area (Å²) in [6.07, 6.45) is 2.34. The Kier molecular flexibility index (Phi) is 3.67. The van der Waals surface area contributed by atoms with Crippen molar-refractivity contribution in [3.8, 4) is 0 Å². The molecule has 1 aromatic rings. The second-order valence-corrected chi connectivity index (χ2v) is 5.38. The summed E-state index contributed by atoms with van der Waals surface area (Å²) in [5, 5.41) is 0.669. The number of carbonyl (C=O) groups excluding carboxylic acids is 1. The minimum absolute atomic E-state index is 0.227. The van der Waals surface area contributed by atoms with Crippen LogP contribution in [-0.4, -0.2) is 22.3 Å². The third-order valence-corrected chi connectivity index (χ3v) is 3.55. The number of carbonyl (C=O) groups is 1. The molecule has 1 aromatic heterocycles. The van der Waals surface area contributed by atoms with E-state index in [0.717, 1.165) is 12.2 Å². The van der Waals surface area contributed by atoms with E-state index in [2.05, 4.69) is 18.8 Å². The Bertz CT molecular complexity index is 420. The molecule has 1 aliphatic heterocycles. The molecule has 1 saturated heterocycles. The van der Waals surface area contributed by atoms with Crippen LogP contribution in [0.2, 0.25) is 5.02 Å². The minimum atomic E-state index is 0.227. The predicted molar refractivity (Wildman–Crippen MR) is 67.6 cm³/mol. The van der Waals surface area contributed by atoms with Crippen molar-refractivity contribution in [1.82, 2.24) is 9.88 Å². The number of likely N-dealkylation sites (tertiary alicyclic amines) is 1. The normalized spacial score (nSPS) is 20.4. The van der Waals surface area contributed by atoms with E-state index in [1.54, 1.807) is 12.3 Å². The van der Waals surface area contributed by atoms with Gasteiger partial charge in [0, 0.05) is 24.2 Å². The summed E-state index contributed by atoms with van der Waals surface area (Å²) in [5.74, 6) is 1.25. The molecule has 0 saturated carbocycles. The van der Waals surface area contributed by atoms with Gasteiger partial charge in [0.15, 0.2) is 0 Å². The van der Waals surface area contributed by atoms with Crippen molar-refractivity contribution in [3.05, 3.63) is 29.0 Å². The highest BCUT2D eigenvalue weighted by Gasteiger charge is 2.31. The van der Waals surface area contributed by atoms with Gasteiger partial charge in [0.1, 0.15) is 0 Å². The van der Waals surface area contributed by atoms with Crippen LogP contribution >= 0.6 is 11.6 Å². The second-order valence-electron chi connectivity index (χ2n) is 4.95. The van der Waals surface area contributed by atoms with E-state index >= 15 is 0 Å². The molecule has 2 heterocycles. The zero-order chi connectivity index (χ0) is 12.4. The van der Waals surface area contributed by atoms with Crippen molar-refractivity contribution < 1.29 is 4.79 Å². The van der Waals surface area contributed by atoms with E-state index < -0.39 is 0 Å². The van der Waals surface area contributed by atoms with Gasteiger partial charge in [-0.3, -0.25) is 9.78 Å².